The van der Waals surface area contributed by atoms with Gasteiger partial charge in [-0.3, -0.25) is 5.11 Å². The van der Waals surface area contributed by atoms with Crippen molar-refractivity contribution in [3.05, 3.63) is 16.3 Å². The summed E-state index contributed by atoms with van der Waals surface area (Å²) in [5.41, 5.74) is 1.19. The van der Waals surface area contributed by atoms with Gasteiger partial charge < -0.3 is 0 Å². The van der Waals surface area contributed by atoms with Gasteiger partial charge in [-0.05, 0) is 31.2 Å². The second kappa shape index (κ2) is 3.86. The molecule has 1 radical (unpaired) electrons. The van der Waals surface area contributed by atoms with Crippen molar-refractivity contribution in [2.45, 2.75) is 31.6 Å². The van der Waals surface area contributed by atoms with E-state index < -0.39 is 0 Å². The van der Waals surface area contributed by atoms with E-state index in [4.69, 9.17) is 11.6 Å². The molecular weight excluding hydrogens is 244 g/mol. The molecule has 83 valence electrons. The van der Waals surface area contributed by atoms with Gasteiger partial charge in [0.15, 0.2) is 0 Å². The Bertz CT molecular complexity index is 552. The molecule has 1 aliphatic carbocycles. The Morgan fingerprint density at radius 3 is 2.88 bits per heavy atom. The average molecular weight is 254 g/mol. The van der Waals surface area contributed by atoms with Crippen LogP contribution in [0.1, 0.15) is 29.1 Å². The van der Waals surface area contributed by atoms with Crippen molar-refractivity contribution in [2.75, 3.05) is 0 Å². The van der Waals surface area contributed by atoms with Crippen molar-refractivity contribution in [1.29, 1.82) is 0 Å². The number of aromatic nitrogens is 2. The molecule has 0 unspecified atom stereocenters. The van der Waals surface area contributed by atoms with Crippen LogP contribution < -0.4 is 0 Å². The molecule has 0 saturated heterocycles. The molecule has 16 heavy (non-hydrogen) atoms. The van der Waals surface area contributed by atoms with Crippen molar-refractivity contribution in [2.24, 2.45) is 0 Å². The standard InChI is InChI=1S/C11H10ClN2OS/c12-5-8-13-10(15)9-6-3-1-2-4-7(6)16-11(9)14-8/h1-5H2. The number of thiophene rings is 1. The summed E-state index contributed by atoms with van der Waals surface area (Å²) in [5, 5.41) is 12.6. The maximum Gasteiger partial charge on any atom is 0.282 e. The molecule has 0 fully saturated rings. The zero-order chi connectivity index (χ0) is 11.1. The van der Waals surface area contributed by atoms with Crippen LogP contribution in [0.25, 0.3) is 10.2 Å². The first-order valence-corrected chi connectivity index (χ1v) is 6.69. The van der Waals surface area contributed by atoms with Crippen LogP contribution in [0, 0.1) is 0 Å². The first kappa shape index (κ1) is 10.3. The molecule has 2 aromatic rings. The lowest BCUT2D eigenvalue weighted by molar-refractivity contribution is 0.341. The van der Waals surface area contributed by atoms with Gasteiger partial charge in [0.1, 0.15) is 10.7 Å². The molecule has 0 saturated carbocycles. The van der Waals surface area contributed by atoms with Crippen LogP contribution in [0.15, 0.2) is 0 Å². The number of alkyl halides is 1. The van der Waals surface area contributed by atoms with Gasteiger partial charge in [-0.25, -0.2) is 4.98 Å². The summed E-state index contributed by atoms with van der Waals surface area (Å²) < 4.78 is 0. The highest BCUT2D eigenvalue weighted by molar-refractivity contribution is 7.18. The second-order valence-electron chi connectivity index (χ2n) is 3.97. The Morgan fingerprint density at radius 2 is 2.06 bits per heavy atom. The quantitative estimate of drug-likeness (QED) is 0.731. The SMILES string of the molecule is [O]c1nc(CCl)nc2sc3c(c12)CCCC3. The zero-order valence-electron chi connectivity index (χ0n) is 8.62. The normalized spacial score (nSPS) is 15.3. The minimum atomic E-state index is -0.153. The molecule has 2 heterocycles. The Hall–Kier alpha value is -0.870. The van der Waals surface area contributed by atoms with Gasteiger partial charge in [0, 0.05) is 4.88 Å². The van der Waals surface area contributed by atoms with Crippen LogP contribution in [-0.2, 0) is 23.8 Å². The highest BCUT2D eigenvalue weighted by atomic mass is 35.5. The number of hydrogen-bond acceptors (Lipinski definition) is 3. The molecule has 0 atom stereocenters. The minimum Gasteiger partial charge on any atom is -0.267 e. The van der Waals surface area contributed by atoms with E-state index in [1.54, 1.807) is 11.3 Å². The summed E-state index contributed by atoms with van der Waals surface area (Å²) >= 11 is 7.30. The lowest BCUT2D eigenvalue weighted by Crippen LogP contribution is -1.98. The molecule has 3 rings (SSSR count). The summed E-state index contributed by atoms with van der Waals surface area (Å²) in [6.45, 7) is 0. The third-order valence-corrected chi connectivity index (χ3v) is 4.37. The third-order valence-electron chi connectivity index (χ3n) is 2.95. The van der Waals surface area contributed by atoms with Gasteiger partial charge >= 0.3 is 0 Å². The van der Waals surface area contributed by atoms with Crippen molar-refractivity contribution in [3.63, 3.8) is 0 Å². The summed E-state index contributed by atoms with van der Waals surface area (Å²) in [7, 11) is 0. The fraction of sp³-hybridized carbons (Fsp3) is 0.455. The lowest BCUT2D eigenvalue weighted by atomic mass is 9.97. The van der Waals surface area contributed by atoms with Crippen molar-refractivity contribution < 1.29 is 5.11 Å². The summed E-state index contributed by atoms with van der Waals surface area (Å²) in [4.78, 5) is 10.4. The zero-order valence-corrected chi connectivity index (χ0v) is 10.2. The number of hydrogen-bond donors (Lipinski definition) is 0. The predicted molar refractivity (Wildman–Crippen MR) is 63.7 cm³/mol. The van der Waals surface area contributed by atoms with Crippen LogP contribution in [0.2, 0.25) is 0 Å². The summed E-state index contributed by atoms with van der Waals surface area (Å²) in [6.07, 6.45) is 4.44. The largest absolute Gasteiger partial charge is 0.282 e. The Labute approximate surface area is 102 Å². The van der Waals surface area contributed by atoms with Gasteiger partial charge in [0.05, 0.1) is 11.3 Å². The monoisotopic (exact) mass is 253 g/mol. The van der Waals surface area contributed by atoms with E-state index in [2.05, 4.69) is 9.97 Å². The fourth-order valence-electron chi connectivity index (χ4n) is 2.23. The van der Waals surface area contributed by atoms with Crippen molar-refractivity contribution >= 4 is 33.2 Å². The van der Waals surface area contributed by atoms with Gasteiger partial charge in [0.2, 0.25) is 0 Å². The molecule has 0 bridgehead atoms. The van der Waals surface area contributed by atoms with Crippen LogP contribution in [-0.4, -0.2) is 9.97 Å². The molecule has 5 heteroatoms. The number of nitrogens with zero attached hydrogens (tertiary/aromatic N) is 2. The molecule has 2 aromatic heterocycles. The van der Waals surface area contributed by atoms with Crippen LogP contribution in [0.3, 0.4) is 0 Å². The topological polar surface area (TPSA) is 45.7 Å². The van der Waals surface area contributed by atoms with Crippen molar-refractivity contribution in [1.82, 2.24) is 9.97 Å². The van der Waals surface area contributed by atoms with Crippen LogP contribution in [0.4, 0.5) is 0 Å². The molecule has 3 nitrogen and oxygen atoms in total. The molecule has 0 N–H and O–H groups in total. The van der Waals surface area contributed by atoms with Gasteiger partial charge in [-0.15, -0.1) is 22.9 Å². The van der Waals surface area contributed by atoms with E-state index >= 15 is 0 Å². The fourth-order valence-corrected chi connectivity index (χ4v) is 3.62. The average Bonchev–Trinajstić information content (AvgIpc) is 2.67. The first-order chi connectivity index (χ1) is 7.79. The van der Waals surface area contributed by atoms with Crippen LogP contribution >= 0.6 is 22.9 Å². The Balaban J connectivity index is 2.30. The number of fused-ring (bicyclic) bond motifs is 3. The Morgan fingerprint density at radius 1 is 1.25 bits per heavy atom. The maximum atomic E-state index is 11.9. The van der Waals surface area contributed by atoms with E-state index in [0.717, 1.165) is 29.5 Å². The highest BCUT2D eigenvalue weighted by Gasteiger charge is 2.21. The van der Waals surface area contributed by atoms with Gasteiger partial charge in [0.25, 0.3) is 5.88 Å². The van der Waals surface area contributed by atoms with E-state index in [-0.39, 0.29) is 11.8 Å². The first-order valence-electron chi connectivity index (χ1n) is 5.33. The van der Waals surface area contributed by atoms with Crippen LogP contribution in [0.5, 0.6) is 5.88 Å². The van der Waals surface area contributed by atoms with E-state index in [1.807, 2.05) is 0 Å². The molecule has 1 aliphatic rings. The highest BCUT2D eigenvalue weighted by Crippen LogP contribution is 2.39. The second-order valence-corrected chi connectivity index (χ2v) is 5.32. The van der Waals surface area contributed by atoms with Gasteiger partial charge in [-0.2, -0.15) is 4.98 Å². The smallest absolute Gasteiger partial charge is 0.267 e. The summed E-state index contributed by atoms with van der Waals surface area (Å²) in [6, 6.07) is 0. The predicted octanol–water partition coefficient (Wildman–Crippen LogP) is 3.45. The number of halogens is 1. The Kier molecular flexibility index (Phi) is 2.48. The molecule has 0 spiro atoms. The van der Waals surface area contributed by atoms with Crippen molar-refractivity contribution in [3.8, 4) is 5.88 Å². The maximum absolute atomic E-state index is 11.9. The molecular formula is C11H10ClN2OS. The van der Waals surface area contributed by atoms with E-state index in [0.29, 0.717) is 5.82 Å². The van der Waals surface area contributed by atoms with E-state index in [9.17, 15) is 5.11 Å². The molecule has 0 aliphatic heterocycles. The number of aryl methyl sites for hydroxylation is 2. The third kappa shape index (κ3) is 1.48. The molecule has 0 amide bonds. The van der Waals surface area contributed by atoms with Gasteiger partial charge in [-0.1, -0.05) is 0 Å². The number of rotatable bonds is 1. The lowest BCUT2D eigenvalue weighted by Gasteiger charge is -2.09. The summed E-state index contributed by atoms with van der Waals surface area (Å²) in [5.74, 6) is 0.492. The molecule has 0 aromatic carbocycles. The minimum absolute atomic E-state index is 0.153. The van der Waals surface area contributed by atoms with E-state index in [1.165, 1.54) is 16.9 Å².